The molecule has 2 unspecified atom stereocenters. The van der Waals surface area contributed by atoms with Crippen molar-refractivity contribution >= 4 is 31.3 Å². The summed E-state index contributed by atoms with van der Waals surface area (Å²) in [6, 6.07) is 3.98. The van der Waals surface area contributed by atoms with Crippen LogP contribution in [0.15, 0.2) is 12.1 Å². The molecule has 21 heavy (non-hydrogen) atoms. The molecule has 0 spiro atoms. The molecule has 4 nitrogen and oxygen atoms in total. The van der Waals surface area contributed by atoms with Crippen LogP contribution in [0.25, 0.3) is 0 Å². The minimum atomic E-state index is -0.759. The minimum absolute atomic E-state index is 0.132. The average molecular weight is 324 g/mol. The van der Waals surface area contributed by atoms with E-state index in [4.69, 9.17) is 4.78 Å². The molecule has 2 aliphatic rings. The number of carbonyl (C=O) groups is 1. The number of rotatable bonds is 6. The standard InChI is InChI=1S/C15H21N2O2PS/c16-21(11-3-4-11)17-15(19)13-8-12(9-1-2-9)10(5-6-18)7-14(13)20/h7-9,11,18H,1-6,20H2,(H2,16,17,19). The van der Waals surface area contributed by atoms with Crippen LogP contribution in [0.4, 0.5) is 0 Å². The molecular formula is C15H21N2O2PS. The quantitative estimate of drug-likeness (QED) is 0.698. The Morgan fingerprint density at radius 2 is 2.10 bits per heavy atom. The molecule has 2 saturated carbocycles. The van der Waals surface area contributed by atoms with E-state index < -0.39 is 10.9 Å². The first-order chi connectivity index (χ1) is 10.1. The maximum Gasteiger partial charge on any atom is 0.262 e. The molecule has 2 aliphatic carbocycles. The van der Waals surface area contributed by atoms with Crippen LogP contribution < -0.4 is 10.0 Å². The van der Waals surface area contributed by atoms with E-state index in [2.05, 4.69) is 14.0 Å². The molecule has 2 atom stereocenters. The highest BCUT2D eigenvalue weighted by Crippen LogP contribution is 2.42. The van der Waals surface area contributed by atoms with Gasteiger partial charge < -0.3 is 5.11 Å². The van der Waals surface area contributed by atoms with Crippen LogP contribution in [0.3, 0.4) is 0 Å². The Labute approximate surface area is 129 Å². The number of amides is 1. The largest absolute Gasteiger partial charge is 0.396 e. The summed E-state index contributed by atoms with van der Waals surface area (Å²) in [6.45, 7) is 0.132. The summed E-state index contributed by atoms with van der Waals surface area (Å²) < 4.78 is 10.8. The molecule has 0 saturated heterocycles. The van der Waals surface area contributed by atoms with Crippen LogP contribution in [0, 0.1) is 4.78 Å². The van der Waals surface area contributed by atoms with Crippen molar-refractivity contribution in [3.05, 3.63) is 28.8 Å². The molecule has 114 valence electrons. The Morgan fingerprint density at radius 3 is 2.67 bits per heavy atom. The first-order valence-electron chi connectivity index (χ1n) is 7.38. The Kier molecular flexibility index (Phi) is 4.43. The van der Waals surface area contributed by atoms with Crippen molar-refractivity contribution in [1.82, 2.24) is 4.72 Å². The zero-order valence-electron chi connectivity index (χ0n) is 11.9. The predicted molar refractivity (Wildman–Crippen MR) is 89.1 cm³/mol. The molecule has 1 aromatic carbocycles. The van der Waals surface area contributed by atoms with Crippen molar-refractivity contribution in [2.75, 3.05) is 6.61 Å². The number of hydrogen-bond acceptors (Lipinski definition) is 3. The molecule has 0 aromatic heterocycles. The molecule has 1 aromatic rings. The van der Waals surface area contributed by atoms with Crippen molar-refractivity contribution in [3.63, 3.8) is 0 Å². The molecule has 1 amide bonds. The summed E-state index contributed by atoms with van der Waals surface area (Å²) >= 11 is 0. The lowest BCUT2D eigenvalue weighted by molar-refractivity contribution is 0.0984. The molecule has 0 bridgehead atoms. The van der Waals surface area contributed by atoms with E-state index in [0.29, 0.717) is 23.2 Å². The topological polar surface area (TPSA) is 73.2 Å². The third kappa shape index (κ3) is 3.53. The van der Waals surface area contributed by atoms with Gasteiger partial charge in [0.15, 0.2) is 0 Å². The highest BCUT2D eigenvalue weighted by molar-refractivity contribution is 7.85. The highest BCUT2D eigenvalue weighted by Gasteiger charge is 2.29. The van der Waals surface area contributed by atoms with Gasteiger partial charge in [-0.2, -0.15) is 0 Å². The van der Waals surface area contributed by atoms with Crippen LogP contribution in [0.1, 0.15) is 53.1 Å². The van der Waals surface area contributed by atoms with Gasteiger partial charge in [0.05, 0.1) is 0 Å². The van der Waals surface area contributed by atoms with Crippen molar-refractivity contribution in [1.29, 1.82) is 4.78 Å². The average Bonchev–Trinajstić information content (AvgIpc) is 3.29. The second kappa shape index (κ2) is 6.15. The lowest BCUT2D eigenvalue weighted by Crippen LogP contribution is -2.30. The lowest BCUT2D eigenvalue weighted by atomic mass is 9.97. The van der Waals surface area contributed by atoms with Crippen molar-refractivity contribution in [2.24, 2.45) is 0 Å². The van der Waals surface area contributed by atoms with Crippen LogP contribution >= 0.6 is 9.24 Å². The second-order valence-electron chi connectivity index (χ2n) is 5.85. The molecule has 0 radical (unpaired) electrons. The normalized spacial score (nSPS) is 19.3. The third-order valence-electron chi connectivity index (χ3n) is 4.01. The SMILES string of the molecule is N=S(NC(=O)c1cc(C2CC2)c(CCO)cc1P)C1CC1. The maximum atomic E-state index is 12.4. The summed E-state index contributed by atoms with van der Waals surface area (Å²) in [7, 11) is 1.86. The van der Waals surface area contributed by atoms with Gasteiger partial charge in [-0.1, -0.05) is 6.07 Å². The van der Waals surface area contributed by atoms with Crippen LogP contribution in [-0.2, 0) is 17.3 Å². The Bertz CT molecular complexity index is 598. The van der Waals surface area contributed by atoms with Gasteiger partial charge in [0.25, 0.3) is 5.91 Å². The number of carbonyl (C=O) groups excluding carboxylic acids is 1. The summed E-state index contributed by atoms with van der Waals surface area (Å²) in [5, 5.41) is 10.4. The van der Waals surface area contributed by atoms with E-state index in [1.54, 1.807) is 0 Å². The number of benzene rings is 1. The number of aliphatic hydroxyl groups is 1. The molecule has 3 rings (SSSR count). The third-order valence-corrected chi connectivity index (χ3v) is 6.04. The smallest absolute Gasteiger partial charge is 0.262 e. The first-order valence-corrected chi connectivity index (χ1v) is 9.25. The fourth-order valence-electron chi connectivity index (χ4n) is 2.53. The fraction of sp³-hybridized carbons (Fsp3) is 0.533. The molecule has 0 heterocycles. The predicted octanol–water partition coefficient (Wildman–Crippen LogP) is 1.79. The zero-order chi connectivity index (χ0) is 15.0. The lowest BCUT2D eigenvalue weighted by Gasteiger charge is -2.14. The summed E-state index contributed by atoms with van der Waals surface area (Å²) in [5.41, 5.74) is 3.01. The van der Waals surface area contributed by atoms with Crippen LogP contribution in [-0.4, -0.2) is 22.9 Å². The van der Waals surface area contributed by atoms with Crippen LogP contribution in [0.2, 0.25) is 0 Å². The van der Waals surface area contributed by atoms with Gasteiger partial charge in [-0.15, -0.1) is 9.24 Å². The van der Waals surface area contributed by atoms with Gasteiger partial charge in [0.1, 0.15) is 0 Å². The number of aliphatic hydroxyl groups excluding tert-OH is 1. The van der Waals surface area contributed by atoms with E-state index in [9.17, 15) is 9.90 Å². The van der Waals surface area contributed by atoms with Crippen molar-refractivity contribution in [3.8, 4) is 0 Å². The van der Waals surface area contributed by atoms with Gasteiger partial charge in [0, 0.05) is 17.4 Å². The summed E-state index contributed by atoms with van der Waals surface area (Å²) in [5.74, 6) is 0.407. The molecular weight excluding hydrogens is 303 g/mol. The zero-order valence-corrected chi connectivity index (χ0v) is 13.9. The molecule has 3 N–H and O–H groups in total. The van der Waals surface area contributed by atoms with E-state index in [1.165, 1.54) is 18.4 Å². The molecule has 0 aliphatic heterocycles. The van der Waals surface area contributed by atoms with Crippen molar-refractivity contribution in [2.45, 2.75) is 43.3 Å². The van der Waals surface area contributed by atoms with Gasteiger partial charge >= 0.3 is 0 Å². The Hall–Kier alpha value is -0.770. The Morgan fingerprint density at radius 1 is 1.38 bits per heavy atom. The van der Waals surface area contributed by atoms with Gasteiger partial charge in [-0.05, 0) is 71.4 Å². The van der Waals surface area contributed by atoms with E-state index >= 15 is 0 Å². The Balaban J connectivity index is 1.84. The van der Waals surface area contributed by atoms with E-state index in [-0.39, 0.29) is 12.5 Å². The monoisotopic (exact) mass is 324 g/mol. The van der Waals surface area contributed by atoms with Gasteiger partial charge in [-0.25, -0.2) is 0 Å². The van der Waals surface area contributed by atoms with E-state index in [0.717, 1.165) is 23.7 Å². The first kappa shape index (κ1) is 15.1. The molecule has 2 fully saturated rings. The van der Waals surface area contributed by atoms with Crippen LogP contribution in [0.5, 0.6) is 0 Å². The molecule has 6 heteroatoms. The van der Waals surface area contributed by atoms with Gasteiger partial charge in [-0.3, -0.25) is 14.3 Å². The maximum absolute atomic E-state index is 12.4. The summed E-state index contributed by atoms with van der Waals surface area (Å²) in [6.07, 6.45) is 5.09. The highest BCUT2D eigenvalue weighted by atomic mass is 32.2. The van der Waals surface area contributed by atoms with E-state index in [1.807, 2.05) is 12.1 Å². The minimum Gasteiger partial charge on any atom is -0.396 e. The number of nitrogens with one attached hydrogen (secondary N) is 2. The summed E-state index contributed by atoms with van der Waals surface area (Å²) in [4.78, 5) is 12.4. The fourth-order valence-corrected chi connectivity index (χ4v) is 4.03. The van der Waals surface area contributed by atoms with Gasteiger partial charge in [0.2, 0.25) is 0 Å². The second-order valence-corrected chi connectivity index (χ2v) is 8.02. The van der Waals surface area contributed by atoms with Crippen molar-refractivity contribution < 1.29 is 9.90 Å². The number of hydrogen-bond donors (Lipinski definition) is 3.